The maximum Gasteiger partial charge on any atom is 0.119 e. The van der Waals surface area contributed by atoms with Crippen LogP contribution >= 0.6 is 0 Å². The first-order valence-electron chi connectivity index (χ1n) is 7.30. The standard InChI is InChI=1S/C16H25NO2/c1-3-9-17-16(14-7-5-10-19-12-14)13-6-4-8-15(11-13)18-2/h4,6,8,11,14,16-17H,3,5,7,9-10,12H2,1-2H3. The molecule has 1 aromatic carbocycles. The summed E-state index contributed by atoms with van der Waals surface area (Å²) in [5, 5.41) is 3.67. The maximum atomic E-state index is 5.65. The molecule has 0 aliphatic carbocycles. The predicted molar refractivity (Wildman–Crippen MR) is 77.6 cm³/mol. The molecule has 1 aromatic rings. The van der Waals surface area contributed by atoms with Crippen molar-refractivity contribution in [1.29, 1.82) is 0 Å². The molecule has 1 N–H and O–H groups in total. The van der Waals surface area contributed by atoms with Gasteiger partial charge in [-0.2, -0.15) is 0 Å². The molecule has 3 nitrogen and oxygen atoms in total. The van der Waals surface area contributed by atoms with Crippen LogP contribution in [0.15, 0.2) is 24.3 Å². The average molecular weight is 263 g/mol. The molecular formula is C16H25NO2. The van der Waals surface area contributed by atoms with Gasteiger partial charge < -0.3 is 14.8 Å². The zero-order valence-corrected chi connectivity index (χ0v) is 12.0. The van der Waals surface area contributed by atoms with Gasteiger partial charge in [-0.05, 0) is 43.5 Å². The quantitative estimate of drug-likeness (QED) is 0.855. The van der Waals surface area contributed by atoms with Gasteiger partial charge >= 0.3 is 0 Å². The Hall–Kier alpha value is -1.06. The Morgan fingerprint density at radius 2 is 2.37 bits per heavy atom. The summed E-state index contributed by atoms with van der Waals surface area (Å²) in [5.41, 5.74) is 1.31. The molecule has 2 atom stereocenters. The normalized spacial score (nSPS) is 21.1. The fraction of sp³-hybridized carbons (Fsp3) is 0.625. The van der Waals surface area contributed by atoms with E-state index in [1.165, 1.54) is 18.4 Å². The molecule has 0 radical (unpaired) electrons. The van der Waals surface area contributed by atoms with Crippen LogP contribution in [0.1, 0.15) is 37.8 Å². The Morgan fingerprint density at radius 1 is 1.47 bits per heavy atom. The fourth-order valence-electron chi connectivity index (χ4n) is 2.72. The molecule has 2 rings (SSSR count). The van der Waals surface area contributed by atoms with Crippen molar-refractivity contribution >= 4 is 0 Å². The molecule has 1 fully saturated rings. The molecule has 106 valence electrons. The van der Waals surface area contributed by atoms with Gasteiger partial charge in [0.2, 0.25) is 0 Å². The van der Waals surface area contributed by atoms with E-state index in [2.05, 4.69) is 30.4 Å². The molecule has 0 bridgehead atoms. The molecule has 0 amide bonds. The van der Waals surface area contributed by atoms with E-state index in [0.717, 1.165) is 31.9 Å². The van der Waals surface area contributed by atoms with Gasteiger partial charge in [-0.15, -0.1) is 0 Å². The predicted octanol–water partition coefficient (Wildman–Crippen LogP) is 3.16. The molecule has 1 saturated heterocycles. The van der Waals surface area contributed by atoms with E-state index in [9.17, 15) is 0 Å². The van der Waals surface area contributed by atoms with E-state index in [0.29, 0.717) is 12.0 Å². The van der Waals surface area contributed by atoms with Crippen molar-refractivity contribution in [1.82, 2.24) is 5.32 Å². The first-order valence-corrected chi connectivity index (χ1v) is 7.30. The third-order valence-corrected chi connectivity index (χ3v) is 3.73. The van der Waals surface area contributed by atoms with Gasteiger partial charge in [0.25, 0.3) is 0 Å². The summed E-state index contributed by atoms with van der Waals surface area (Å²) < 4.78 is 11.0. The molecule has 0 aromatic heterocycles. The molecule has 3 heteroatoms. The summed E-state index contributed by atoms with van der Waals surface area (Å²) in [7, 11) is 1.72. The summed E-state index contributed by atoms with van der Waals surface area (Å²) in [5.74, 6) is 1.49. The lowest BCUT2D eigenvalue weighted by molar-refractivity contribution is 0.0390. The Kier molecular flexibility index (Phi) is 5.67. The Morgan fingerprint density at radius 3 is 3.05 bits per heavy atom. The lowest BCUT2D eigenvalue weighted by Crippen LogP contribution is -2.33. The smallest absolute Gasteiger partial charge is 0.119 e. The van der Waals surface area contributed by atoms with E-state index in [4.69, 9.17) is 9.47 Å². The minimum absolute atomic E-state index is 0.371. The van der Waals surface area contributed by atoms with Crippen molar-refractivity contribution in [3.63, 3.8) is 0 Å². The van der Waals surface area contributed by atoms with Gasteiger partial charge in [-0.25, -0.2) is 0 Å². The molecule has 2 unspecified atom stereocenters. The lowest BCUT2D eigenvalue weighted by Gasteiger charge is -2.31. The van der Waals surface area contributed by atoms with E-state index in [1.54, 1.807) is 7.11 Å². The topological polar surface area (TPSA) is 30.5 Å². The first-order chi connectivity index (χ1) is 9.35. The van der Waals surface area contributed by atoms with Crippen molar-refractivity contribution in [3.8, 4) is 5.75 Å². The Balaban J connectivity index is 2.14. The van der Waals surface area contributed by atoms with Crippen LogP contribution < -0.4 is 10.1 Å². The number of hydrogen-bond donors (Lipinski definition) is 1. The second-order valence-corrected chi connectivity index (χ2v) is 5.19. The van der Waals surface area contributed by atoms with Crippen molar-refractivity contribution in [3.05, 3.63) is 29.8 Å². The largest absolute Gasteiger partial charge is 0.497 e. The molecule has 1 aliphatic rings. The van der Waals surface area contributed by atoms with Gasteiger partial charge in [0.1, 0.15) is 5.75 Å². The average Bonchev–Trinajstić information content (AvgIpc) is 2.49. The van der Waals surface area contributed by atoms with E-state index in [1.807, 2.05) is 6.07 Å². The highest BCUT2D eigenvalue weighted by Crippen LogP contribution is 2.30. The SMILES string of the molecule is CCCNC(c1cccc(OC)c1)C1CCCOC1. The van der Waals surface area contributed by atoms with Crippen molar-refractivity contribution in [2.75, 3.05) is 26.9 Å². The van der Waals surface area contributed by atoms with Gasteiger partial charge in [0.15, 0.2) is 0 Å². The summed E-state index contributed by atoms with van der Waals surface area (Å²) >= 11 is 0. The molecule has 1 heterocycles. The number of benzene rings is 1. The second-order valence-electron chi connectivity index (χ2n) is 5.19. The van der Waals surface area contributed by atoms with Crippen molar-refractivity contribution in [2.24, 2.45) is 5.92 Å². The molecule has 1 aliphatic heterocycles. The van der Waals surface area contributed by atoms with Gasteiger partial charge in [0, 0.05) is 18.6 Å². The van der Waals surface area contributed by atoms with Crippen LogP contribution in [0.25, 0.3) is 0 Å². The first kappa shape index (κ1) is 14.4. The van der Waals surface area contributed by atoms with E-state index >= 15 is 0 Å². The summed E-state index contributed by atoms with van der Waals surface area (Å²) in [6, 6.07) is 8.76. The highest BCUT2D eigenvalue weighted by molar-refractivity contribution is 5.31. The molecule has 0 spiro atoms. The highest BCUT2D eigenvalue weighted by atomic mass is 16.5. The number of methoxy groups -OCH3 is 1. The number of ether oxygens (including phenoxy) is 2. The van der Waals surface area contributed by atoms with Gasteiger partial charge in [-0.1, -0.05) is 19.1 Å². The van der Waals surface area contributed by atoms with E-state index in [-0.39, 0.29) is 0 Å². The van der Waals surface area contributed by atoms with Crippen LogP contribution in [0, 0.1) is 5.92 Å². The van der Waals surface area contributed by atoms with Gasteiger partial charge in [-0.3, -0.25) is 0 Å². The third-order valence-electron chi connectivity index (χ3n) is 3.73. The zero-order valence-electron chi connectivity index (χ0n) is 12.0. The lowest BCUT2D eigenvalue weighted by atomic mass is 9.88. The Labute approximate surface area is 116 Å². The fourth-order valence-corrected chi connectivity index (χ4v) is 2.72. The highest BCUT2D eigenvalue weighted by Gasteiger charge is 2.25. The van der Waals surface area contributed by atoms with Crippen LogP contribution in [-0.4, -0.2) is 26.9 Å². The summed E-state index contributed by atoms with van der Waals surface area (Å²) in [4.78, 5) is 0. The monoisotopic (exact) mass is 263 g/mol. The van der Waals surface area contributed by atoms with Crippen LogP contribution in [-0.2, 0) is 4.74 Å². The summed E-state index contributed by atoms with van der Waals surface area (Å²) in [6.07, 6.45) is 3.55. The van der Waals surface area contributed by atoms with Crippen molar-refractivity contribution < 1.29 is 9.47 Å². The minimum atomic E-state index is 0.371. The number of hydrogen-bond acceptors (Lipinski definition) is 3. The molecule has 0 saturated carbocycles. The van der Waals surface area contributed by atoms with Crippen LogP contribution in [0.2, 0.25) is 0 Å². The molecular weight excluding hydrogens is 238 g/mol. The van der Waals surface area contributed by atoms with Crippen LogP contribution in [0.4, 0.5) is 0 Å². The number of nitrogens with one attached hydrogen (secondary N) is 1. The summed E-state index contributed by atoms with van der Waals surface area (Å²) in [6.45, 7) is 5.01. The second kappa shape index (κ2) is 7.51. The van der Waals surface area contributed by atoms with Gasteiger partial charge in [0.05, 0.1) is 13.7 Å². The maximum absolute atomic E-state index is 5.65. The number of rotatable bonds is 6. The van der Waals surface area contributed by atoms with Crippen molar-refractivity contribution in [2.45, 2.75) is 32.2 Å². The van der Waals surface area contributed by atoms with Crippen LogP contribution in [0.3, 0.4) is 0 Å². The molecule has 19 heavy (non-hydrogen) atoms. The third kappa shape index (κ3) is 3.95. The minimum Gasteiger partial charge on any atom is -0.497 e. The zero-order chi connectivity index (χ0) is 13.5. The Bertz CT molecular complexity index is 375. The van der Waals surface area contributed by atoms with Crippen LogP contribution in [0.5, 0.6) is 5.75 Å². The van der Waals surface area contributed by atoms with E-state index < -0.39 is 0 Å².